The van der Waals surface area contributed by atoms with Gasteiger partial charge in [-0.25, -0.2) is 0 Å². The van der Waals surface area contributed by atoms with Crippen LogP contribution in [0.2, 0.25) is 0 Å². The SMILES string of the molecule is CC1=CC=[C]CC1. The molecule has 0 amide bonds. The third-order valence-corrected chi connectivity index (χ3v) is 1.15. The molecule has 0 N–H and O–H groups in total. The smallest absolute Gasteiger partial charge is 0.0239 e. The van der Waals surface area contributed by atoms with Crippen LogP contribution in [0.3, 0.4) is 0 Å². The maximum atomic E-state index is 3.11. The Labute approximate surface area is 44.5 Å². The first-order valence-corrected chi connectivity index (χ1v) is 2.62. The third-order valence-electron chi connectivity index (χ3n) is 1.15. The molecule has 1 radical (unpaired) electrons. The van der Waals surface area contributed by atoms with E-state index in [0.717, 1.165) is 6.42 Å². The van der Waals surface area contributed by atoms with Gasteiger partial charge in [-0.05, 0) is 25.8 Å². The lowest BCUT2D eigenvalue weighted by Crippen LogP contribution is -1.79. The fourth-order valence-electron chi connectivity index (χ4n) is 0.637. The minimum Gasteiger partial charge on any atom is -0.0730 e. The fraction of sp³-hybridized carbons (Fsp3) is 0.429. The van der Waals surface area contributed by atoms with E-state index in [1.54, 1.807) is 0 Å². The molecule has 0 aromatic heterocycles. The lowest BCUT2D eigenvalue weighted by Gasteiger charge is -1.98. The first-order chi connectivity index (χ1) is 3.39. The Morgan fingerprint density at radius 2 is 2.57 bits per heavy atom. The van der Waals surface area contributed by atoms with Crippen molar-refractivity contribution < 1.29 is 0 Å². The lowest BCUT2D eigenvalue weighted by molar-refractivity contribution is 0.941. The topological polar surface area (TPSA) is 0 Å². The van der Waals surface area contributed by atoms with Gasteiger partial charge in [-0.2, -0.15) is 0 Å². The summed E-state index contributed by atoms with van der Waals surface area (Å²) in [5.74, 6) is 0. The predicted molar refractivity (Wildman–Crippen MR) is 30.8 cm³/mol. The van der Waals surface area contributed by atoms with Gasteiger partial charge in [0, 0.05) is 0 Å². The molecule has 1 aliphatic rings. The molecule has 7 heavy (non-hydrogen) atoms. The monoisotopic (exact) mass is 93.1 g/mol. The Hall–Kier alpha value is -0.520. The second kappa shape index (κ2) is 1.97. The molecule has 0 fully saturated rings. The van der Waals surface area contributed by atoms with Gasteiger partial charge in [0.05, 0.1) is 0 Å². The standard InChI is InChI=1S/C7H9/c1-7-5-3-2-4-6-7/h3,5H,4,6H2,1H3. The van der Waals surface area contributed by atoms with Gasteiger partial charge < -0.3 is 0 Å². The lowest BCUT2D eigenvalue weighted by atomic mass is 10.1. The van der Waals surface area contributed by atoms with Crippen LogP contribution in [-0.4, -0.2) is 0 Å². The van der Waals surface area contributed by atoms with E-state index in [0.29, 0.717) is 0 Å². The zero-order valence-electron chi connectivity index (χ0n) is 4.57. The molecule has 0 bridgehead atoms. The highest BCUT2D eigenvalue weighted by Gasteiger charge is 1.89. The van der Waals surface area contributed by atoms with Crippen LogP contribution in [0, 0.1) is 6.08 Å². The molecule has 0 spiro atoms. The van der Waals surface area contributed by atoms with E-state index in [2.05, 4.69) is 19.1 Å². The van der Waals surface area contributed by atoms with Crippen molar-refractivity contribution in [3.63, 3.8) is 0 Å². The van der Waals surface area contributed by atoms with Crippen molar-refractivity contribution in [2.75, 3.05) is 0 Å². The maximum Gasteiger partial charge on any atom is -0.0239 e. The molecule has 0 unspecified atom stereocenters. The molecule has 0 aliphatic heterocycles. The van der Waals surface area contributed by atoms with Crippen molar-refractivity contribution in [3.05, 3.63) is 23.8 Å². The quantitative estimate of drug-likeness (QED) is 0.430. The minimum absolute atomic E-state index is 1.11. The molecule has 37 valence electrons. The van der Waals surface area contributed by atoms with Crippen LogP contribution in [0.15, 0.2) is 17.7 Å². The molecule has 0 saturated carbocycles. The molecule has 0 heterocycles. The Bertz CT molecular complexity index is 107. The highest BCUT2D eigenvalue weighted by atomic mass is 13.9. The van der Waals surface area contributed by atoms with Gasteiger partial charge in [0.15, 0.2) is 0 Å². The Morgan fingerprint density at radius 1 is 1.71 bits per heavy atom. The molecule has 1 aliphatic carbocycles. The van der Waals surface area contributed by atoms with E-state index < -0.39 is 0 Å². The summed E-state index contributed by atoms with van der Waals surface area (Å²) in [5.41, 5.74) is 1.47. The number of allylic oxidation sites excluding steroid dienone is 4. The van der Waals surface area contributed by atoms with Gasteiger partial charge in [0.2, 0.25) is 0 Å². The van der Waals surface area contributed by atoms with Gasteiger partial charge in [-0.3, -0.25) is 0 Å². The van der Waals surface area contributed by atoms with Crippen molar-refractivity contribution in [2.24, 2.45) is 0 Å². The average molecular weight is 93.1 g/mol. The van der Waals surface area contributed by atoms with Gasteiger partial charge in [0.25, 0.3) is 0 Å². The summed E-state index contributed by atoms with van der Waals surface area (Å²) < 4.78 is 0. The molecule has 0 aromatic rings. The molecular weight excluding hydrogens is 84.1 g/mol. The van der Waals surface area contributed by atoms with Crippen molar-refractivity contribution >= 4 is 0 Å². The summed E-state index contributed by atoms with van der Waals surface area (Å²) in [6.07, 6.45) is 9.55. The fourth-order valence-corrected chi connectivity index (χ4v) is 0.637. The number of hydrogen-bond acceptors (Lipinski definition) is 0. The molecule has 0 nitrogen and oxygen atoms in total. The van der Waals surface area contributed by atoms with Crippen LogP contribution in [0.25, 0.3) is 0 Å². The minimum atomic E-state index is 1.11. The zero-order valence-corrected chi connectivity index (χ0v) is 4.57. The second-order valence-corrected chi connectivity index (χ2v) is 1.88. The molecular formula is C7H9. The third kappa shape index (κ3) is 1.19. The molecule has 0 heteroatoms. The normalized spacial score (nSPS) is 19.3. The van der Waals surface area contributed by atoms with E-state index in [4.69, 9.17) is 0 Å². The number of hydrogen-bond donors (Lipinski definition) is 0. The maximum absolute atomic E-state index is 3.11. The average Bonchev–Trinajstić information content (AvgIpc) is 1.69. The summed E-state index contributed by atoms with van der Waals surface area (Å²) in [6.45, 7) is 2.15. The van der Waals surface area contributed by atoms with Crippen LogP contribution < -0.4 is 0 Å². The van der Waals surface area contributed by atoms with E-state index >= 15 is 0 Å². The summed E-state index contributed by atoms with van der Waals surface area (Å²) in [4.78, 5) is 0. The van der Waals surface area contributed by atoms with Gasteiger partial charge in [0.1, 0.15) is 0 Å². The first-order valence-electron chi connectivity index (χ1n) is 2.62. The predicted octanol–water partition coefficient (Wildman–Crippen LogP) is 2.09. The van der Waals surface area contributed by atoms with Crippen LogP contribution in [-0.2, 0) is 0 Å². The molecule has 0 atom stereocenters. The summed E-state index contributed by atoms with van der Waals surface area (Å²) in [5, 5.41) is 0. The van der Waals surface area contributed by atoms with Gasteiger partial charge in [-0.15, -0.1) is 0 Å². The van der Waals surface area contributed by atoms with Crippen molar-refractivity contribution in [2.45, 2.75) is 19.8 Å². The van der Waals surface area contributed by atoms with E-state index in [1.165, 1.54) is 12.0 Å². The summed E-state index contributed by atoms with van der Waals surface area (Å²) in [6, 6.07) is 0. The van der Waals surface area contributed by atoms with E-state index in [9.17, 15) is 0 Å². The Balaban J connectivity index is 2.57. The van der Waals surface area contributed by atoms with Crippen LogP contribution in [0.4, 0.5) is 0 Å². The van der Waals surface area contributed by atoms with Gasteiger partial charge >= 0.3 is 0 Å². The van der Waals surface area contributed by atoms with Crippen molar-refractivity contribution in [1.29, 1.82) is 0 Å². The van der Waals surface area contributed by atoms with Crippen LogP contribution in [0.1, 0.15) is 19.8 Å². The van der Waals surface area contributed by atoms with Crippen molar-refractivity contribution in [3.8, 4) is 0 Å². The highest BCUT2D eigenvalue weighted by molar-refractivity contribution is 5.12. The first kappa shape index (κ1) is 4.63. The summed E-state index contributed by atoms with van der Waals surface area (Å²) >= 11 is 0. The molecule has 1 rings (SSSR count). The van der Waals surface area contributed by atoms with Crippen LogP contribution in [0.5, 0.6) is 0 Å². The summed E-state index contributed by atoms with van der Waals surface area (Å²) in [7, 11) is 0. The highest BCUT2D eigenvalue weighted by Crippen LogP contribution is 2.08. The molecule has 0 saturated heterocycles. The largest absolute Gasteiger partial charge is 0.0730 e. The van der Waals surface area contributed by atoms with Crippen molar-refractivity contribution in [1.82, 2.24) is 0 Å². The second-order valence-electron chi connectivity index (χ2n) is 1.88. The van der Waals surface area contributed by atoms with Gasteiger partial charge in [-0.1, -0.05) is 17.7 Å². The Kier molecular flexibility index (Phi) is 1.30. The van der Waals surface area contributed by atoms with E-state index in [-0.39, 0.29) is 0 Å². The van der Waals surface area contributed by atoms with E-state index in [1.807, 2.05) is 6.08 Å². The molecule has 0 aromatic carbocycles. The zero-order chi connectivity index (χ0) is 5.11. The van der Waals surface area contributed by atoms with Crippen LogP contribution >= 0.6 is 0 Å². The Morgan fingerprint density at radius 3 is 2.86 bits per heavy atom. The number of rotatable bonds is 0.